The van der Waals surface area contributed by atoms with E-state index < -0.39 is 52.8 Å². The third-order valence-electron chi connectivity index (χ3n) is 12.4. The summed E-state index contributed by atoms with van der Waals surface area (Å²) in [6.07, 6.45) is 3.86. The van der Waals surface area contributed by atoms with Crippen LogP contribution < -0.4 is 9.64 Å². The van der Waals surface area contributed by atoms with Crippen molar-refractivity contribution < 1.29 is 38.9 Å². The molecule has 2 saturated heterocycles. The number of rotatable bonds is 10. The molecule has 2 aliphatic heterocycles. The summed E-state index contributed by atoms with van der Waals surface area (Å²) in [7, 11) is 3.17. The topological polar surface area (TPSA) is 159 Å². The van der Waals surface area contributed by atoms with E-state index >= 15 is 4.79 Å². The van der Waals surface area contributed by atoms with E-state index in [1.54, 1.807) is 43.5 Å². The van der Waals surface area contributed by atoms with Gasteiger partial charge in [-0.3, -0.25) is 33.6 Å². The number of hydrogen-bond donors (Lipinski definition) is 2. The van der Waals surface area contributed by atoms with Crippen LogP contribution in [0.15, 0.2) is 54.1 Å². The molecule has 55 heavy (non-hydrogen) atoms. The van der Waals surface area contributed by atoms with Gasteiger partial charge in [0.15, 0.2) is 0 Å². The second-order valence-electron chi connectivity index (χ2n) is 15.3. The van der Waals surface area contributed by atoms with Gasteiger partial charge < -0.3 is 14.9 Å². The Bertz CT molecular complexity index is 2350. The number of methoxy groups -OCH3 is 1. The number of likely N-dealkylation sites (tertiary alicyclic amines) is 1. The highest BCUT2D eigenvalue weighted by molar-refractivity contribution is 7.22. The number of benzene rings is 2. The van der Waals surface area contributed by atoms with E-state index in [0.717, 1.165) is 26.1 Å². The number of nitrogens with zero attached hydrogens (tertiary/aromatic N) is 4. The van der Waals surface area contributed by atoms with Crippen LogP contribution in [-0.4, -0.2) is 68.1 Å². The Morgan fingerprint density at radius 1 is 1.05 bits per heavy atom. The summed E-state index contributed by atoms with van der Waals surface area (Å²) < 4.78 is 8.34. The molecule has 8 rings (SSSR count). The van der Waals surface area contributed by atoms with Crippen molar-refractivity contribution in [1.82, 2.24) is 14.7 Å². The fourth-order valence-electron chi connectivity index (χ4n) is 9.77. The average Bonchev–Trinajstić information content (AvgIpc) is 3.82. The number of carbonyl (C=O) groups is 5. The normalized spacial score (nSPS) is 26.1. The van der Waals surface area contributed by atoms with Crippen molar-refractivity contribution in [3.8, 4) is 22.1 Å². The van der Waals surface area contributed by atoms with Gasteiger partial charge in [0.05, 0.1) is 35.2 Å². The zero-order chi connectivity index (χ0) is 39.1. The Morgan fingerprint density at radius 3 is 2.58 bits per heavy atom. The smallest absolute Gasteiger partial charge is 0.303 e. The van der Waals surface area contributed by atoms with Crippen molar-refractivity contribution in [2.45, 2.75) is 58.3 Å². The summed E-state index contributed by atoms with van der Waals surface area (Å²) >= 11 is 7.86. The lowest BCUT2D eigenvalue weighted by Gasteiger charge is -2.49. The minimum absolute atomic E-state index is 0.0176. The Labute approximate surface area is 326 Å². The zero-order valence-corrected chi connectivity index (χ0v) is 32.4. The second-order valence-corrected chi connectivity index (χ2v) is 16.8. The summed E-state index contributed by atoms with van der Waals surface area (Å²) in [6, 6.07) is 12.3. The third kappa shape index (κ3) is 5.60. The minimum atomic E-state index is -1.40. The number of carbonyl (C=O) groups excluding carboxylic acids is 4. The lowest BCUT2D eigenvalue weighted by molar-refractivity contribution is -0.141. The maximum atomic E-state index is 15.1. The van der Waals surface area contributed by atoms with Crippen LogP contribution in [0.4, 0.5) is 5.82 Å². The zero-order valence-electron chi connectivity index (χ0n) is 30.9. The highest BCUT2D eigenvalue weighted by Gasteiger charge is 2.68. The number of hydrogen-bond acceptors (Lipinski definition) is 9. The fourth-order valence-corrected chi connectivity index (χ4v) is 11.1. The summed E-state index contributed by atoms with van der Waals surface area (Å²) in [5, 5.41) is 26.9. The molecule has 2 aliphatic carbocycles. The number of thiophene rings is 1. The van der Waals surface area contributed by atoms with Gasteiger partial charge in [0, 0.05) is 47.3 Å². The average molecular weight is 785 g/mol. The van der Waals surface area contributed by atoms with Crippen LogP contribution in [0.2, 0.25) is 5.02 Å². The van der Waals surface area contributed by atoms with E-state index in [1.165, 1.54) is 27.7 Å². The molecule has 2 N–H and O–H groups in total. The molecule has 0 radical (unpaired) electrons. The highest BCUT2D eigenvalue weighted by atomic mass is 35.5. The SMILES string of the molecule is COc1cccc(O)c1[C@H]1C2=CC[C@@H]3C(=O)N(CCCCCC(=O)O)C(=O)[C@@H]3[C@@H]2C[C@H]2C(=O)N(c3cc(-c4sc5ccc(Cl)cc5c4C)nn3C)C(=O)[C@@]12C. The van der Waals surface area contributed by atoms with E-state index in [9.17, 15) is 24.3 Å². The number of halogens is 1. The summed E-state index contributed by atoms with van der Waals surface area (Å²) in [6.45, 7) is 3.94. The van der Waals surface area contributed by atoms with Gasteiger partial charge in [-0.25, -0.2) is 4.90 Å². The molecule has 6 atom stereocenters. The molecule has 0 spiro atoms. The van der Waals surface area contributed by atoms with Crippen LogP contribution in [0.3, 0.4) is 0 Å². The number of aliphatic carboxylic acids is 1. The van der Waals surface area contributed by atoms with Crippen LogP contribution in [0, 0.1) is 36.0 Å². The molecule has 0 bridgehead atoms. The number of allylic oxidation sites excluding steroid dienone is 2. The quantitative estimate of drug-likeness (QED) is 0.0996. The van der Waals surface area contributed by atoms with E-state index in [2.05, 4.69) is 0 Å². The molecule has 4 heterocycles. The molecule has 12 nitrogen and oxygen atoms in total. The Kier molecular flexibility index (Phi) is 9.15. The number of aryl methyl sites for hydroxylation is 2. The number of ether oxygens (including phenoxy) is 1. The van der Waals surface area contributed by atoms with E-state index in [0.29, 0.717) is 47.1 Å². The van der Waals surface area contributed by atoms with Gasteiger partial charge in [0.1, 0.15) is 23.0 Å². The number of aromatic hydroxyl groups is 1. The molecule has 14 heteroatoms. The number of carboxylic acids is 1. The molecular formula is C41H41ClN4O8S. The number of aromatic nitrogens is 2. The number of imide groups is 2. The van der Waals surface area contributed by atoms with Gasteiger partial charge in [-0.15, -0.1) is 11.3 Å². The Hall–Kier alpha value is -5.01. The van der Waals surface area contributed by atoms with Crippen molar-refractivity contribution in [2.24, 2.45) is 36.1 Å². The van der Waals surface area contributed by atoms with Crippen LogP contribution in [0.5, 0.6) is 11.5 Å². The molecule has 3 fully saturated rings. The summed E-state index contributed by atoms with van der Waals surface area (Å²) in [5.41, 5.74) is 1.27. The van der Waals surface area contributed by atoms with Crippen LogP contribution in [0.1, 0.15) is 62.5 Å². The first-order chi connectivity index (χ1) is 26.3. The molecular weight excluding hydrogens is 744 g/mol. The van der Waals surface area contributed by atoms with Gasteiger partial charge in [-0.1, -0.05) is 35.7 Å². The van der Waals surface area contributed by atoms with Gasteiger partial charge >= 0.3 is 5.97 Å². The second kappa shape index (κ2) is 13.6. The van der Waals surface area contributed by atoms with Gasteiger partial charge in [-0.05, 0) is 86.7 Å². The number of phenols is 1. The predicted molar refractivity (Wildman–Crippen MR) is 206 cm³/mol. The lowest BCUT2D eigenvalue weighted by atomic mass is 9.51. The Morgan fingerprint density at radius 2 is 1.84 bits per heavy atom. The van der Waals surface area contributed by atoms with Crippen molar-refractivity contribution in [1.29, 1.82) is 0 Å². The third-order valence-corrected chi connectivity index (χ3v) is 13.9. The molecule has 2 aromatic carbocycles. The predicted octanol–water partition coefficient (Wildman–Crippen LogP) is 6.85. The largest absolute Gasteiger partial charge is 0.508 e. The van der Waals surface area contributed by atoms with Gasteiger partial charge in [-0.2, -0.15) is 5.10 Å². The van der Waals surface area contributed by atoms with Crippen molar-refractivity contribution in [3.63, 3.8) is 0 Å². The number of fused-ring (bicyclic) bond motifs is 5. The van der Waals surface area contributed by atoms with E-state index in [-0.39, 0.29) is 43.4 Å². The van der Waals surface area contributed by atoms with E-state index in [1.807, 2.05) is 31.2 Å². The molecule has 0 unspecified atom stereocenters. The number of unbranched alkanes of at least 4 members (excludes halogenated alkanes) is 2. The van der Waals surface area contributed by atoms with Crippen LogP contribution in [-0.2, 0) is 31.0 Å². The summed E-state index contributed by atoms with van der Waals surface area (Å²) in [4.78, 5) is 72.4. The maximum Gasteiger partial charge on any atom is 0.303 e. The molecule has 1 saturated carbocycles. The Balaban J connectivity index is 1.19. The fraction of sp³-hybridized carbons (Fsp3) is 0.415. The monoisotopic (exact) mass is 784 g/mol. The lowest BCUT2D eigenvalue weighted by Crippen LogP contribution is -2.49. The first-order valence-electron chi connectivity index (χ1n) is 18.5. The first kappa shape index (κ1) is 36.9. The number of carboxylic acid groups (broad SMARTS) is 1. The number of anilines is 1. The van der Waals surface area contributed by atoms with Crippen LogP contribution >= 0.6 is 22.9 Å². The first-order valence-corrected chi connectivity index (χ1v) is 19.7. The molecule has 4 aliphatic rings. The molecule has 286 valence electrons. The van der Waals surface area contributed by atoms with Crippen molar-refractivity contribution >= 4 is 68.4 Å². The van der Waals surface area contributed by atoms with Crippen molar-refractivity contribution in [2.75, 3.05) is 18.6 Å². The van der Waals surface area contributed by atoms with Crippen LogP contribution in [0.25, 0.3) is 20.7 Å². The molecule has 4 amide bonds. The number of amides is 4. The standard InChI is InChI=1S/C41H41ClN4O8S/c1-20-24-17-21(42)12-15-30(24)55-36(20)27-19-31(44(3)43-27)46-38(51)26-18-25-22(35(41(26,2)40(46)53)34-28(47)9-8-10-29(34)54-4)13-14-23-33(25)39(52)45(37(23)50)16-7-5-6-11-32(48)49/h8-10,12-13,15,17,19,23,25-26,33,35,47H,5-7,11,14,16,18H2,1-4H3,(H,48,49)/t23-,25+,26-,33-,35+,41+/m0/s1. The maximum absolute atomic E-state index is 15.1. The van der Waals surface area contributed by atoms with Gasteiger partial charge in [0.2, 0.25) is 23.6 Å². The van der Waals surface area contributed by atoms with E-state index in [4.69, 9.17) is 26.5 Å². The minimum Gasteiger partial charge on any atom is -0.508 e. The van der Waals surface area contributed by atoms with Crippen molar-refractivity contribution in [3.05, 3.63) is 70.3 Å². The highest BCUT2D eigenvalue weighted by Crippen LogP contribution is 2.65. The molecule has 2 aromatic heterocycles. The molecule has 4 aromatic rings. The van der Waals surface area contributed by atoms with Gasteiger partial charge in [0.25, 0.3) is 0 Å². The summed E-state index contributed by atoms with van der Waals surface area (Å²) in [5.74, 6) is -5.54. The number of phenolic OH excluding ortho intramolecular Hbond substituents is 1.